The SMILES string of the molecule is C/C(N)=C(/C=N)B1OC(C)(C)C(C)(C)O1. The quantitative estimate of drug-likeness (QED) is 0.536. The summed E-state index contributed by atoms with van der Waals surface area (Å²) in [4.78, 5) is 0. The number of hydrogen-bond acceptors (Lipinski definition) is 4. The summed E-state index contributed by atoms with van der Waals surface area (Å²) < 4.78 is 11.5. The minimum atomic E-state index is -0.530. The molecule has 0 spiro atoms. The van der Waals surface area contributed by atoms with Crippen LogP contribution in [0.2, 0.25) is 0 Å². The topological polar surface area (TPSA) is 68.3 Å². The van der Waals surface area contributed by atoms with Gasteiger partial charge in [0.2, 0.25) is 0 Å². The molecule has 0 aromatic heterocycles. The van der Waals surface area contributed by atoms with Crippen LogP contribution in [0.4, 0.5) is 0 Å². The Bertz CT molecular complexity index is 291. The van der Waals surface area contributed by atoms with Gasteiger partial charge < -0.3 is 20.5 Å². The first kappa shape index (κ1) is 12.3. The standard InChI is InChI=1S/C10H19BN2O2/c1-7(13)8(6-12)11-14-9(2,3)10(4,5)15-11/h6,12H,13H2,1-5H3/b8-7+,12-6?. The summed E-state index contributed by atoms with van der Waals surface area (Å²) >= 11 is 0. The molecule has 3 N–H and O–H groups in total. The van der Waals surface area contributed by atoms with Crippen LogP contribution in [0, 0.1) is 5.41 Å². The lowest BCUT2D eigenvalue weighted by Crippen LogP contribution is -2.41. The van der Waals surface area contributed by atoms with Crippen LogP contribution in [0.5, 0.6) is 0 Å². The lowest BCUT2D eigenvalue weighted by molar-refractivity contribution is 0.00578. The van der Waals surface area contributed by atoms with Gasteiger partial charge in [-0.05, 0) is 34.6 Å². The van der Waals surface area contributed by atoms with E-state index in [9.17, 15) is 0 Å². The highest BCUT2D eigenvalue weighted by Crippen LogP contribution is 2.38. The molecular weight excluding hydrogens is 191 g/mol. The minimum absolute atomic E-state index is 0.388. The van der Waals surface area contributed by atoms with Crippen molar-refractivity contribution in [1.82, 2.24) is 0 Å². The molecule has 5 heteroatoms. The lowest BCUT2D eigenvalue weighted by atomic mass is 9.77. The predicted molar refractivity (Wildman–Crippen MR) is 61.8 cm³/mol. The van der Waals surface area contributed by atoms with Crippen LogP contribution in [0.25, 0.3) is 0 Å². The summed E-state index contributed by atoms with van der Waals surface area (Å²) in [7, 11) is -0.530. The maximum atomic E-state index is 7.29. The summed E-state index contributed by atoms with van der Waals surface area (Å²) in [5.74, 6) is 0. The van der Waals surface area contributed by atoms with E-state index in [0.29, 0.717) is 11.2 Å². The van der Waals surface area contributed by atoms with E-state index in [2.05, 4.69) is 0 Å². The van der Waals surface area contributed by atoms with Crippen molar-refractivity contribution >= 4 is 13.3 Å². The number of allylic oxidation sites excluding steroid dienone is 2. The minimum Gasteiger partial charge on any atom is -0.402 e. The van der Waals surface area contributed by atoms with E-state index in [1.54, 1.807) is 6.92 Å². The van der Waals surface area contributed by atoms with Gasteiger partial charge in [-0.3, -0.25) is 0 Å². The Labute approximate surface area is 91.5 Å². The van der Waals surface area contributed by atoms with Crippen molar-refractivity contribution in [2.75, 3.05) is 0 Å². The highest BCUT2D eigenvalue weighted by molar-refractivity contribution is 6.60. The molecule has 1 rings (SSSR count). The Hall–Kier alpha value is -0.805. The van der Waals surface area contributed by atoms with E-state index < -0.39 is 7.12 Å². The fourth-order valence-corrected chi connectivity index (χ4v) is 1.34. The van der Waals surface area contributed by atoms with Crippen molar-refractivity contribution in [3.05, 3.63) is 11.2 Å². The second-order valence-corrected chi connectivity index (χ2v) is 4.87. The molecule has 0 bridgehead atoms. The molecule has 15 heavy (non-hydrogen) atoms. The summed E-state index contributed by atoms with van der Waals surface area (Å²) in [6.45, 7) is 9.63. The van der Waals surface area contributed by atoms with E-state index >= 15 is 0 Å². The molecule has 1 aliphatic rings. The zero-order valence-corrected chi connectivity index (χ0v) is 10.0. The van der Waals surface area contributed by atoms with Gasteiger partial charge >= 0.3 is 7.12 Å². The van der Waals surface area contributed by atoms with Crippen molar-refractivity contribution in [1.29, 1.82) is 5.41 Å². The maximum Gasteiger partial charge on any atom is 0.498 e. The molecule has 84 valence electrons. The Morgan fingerprint density at radius 1 is 1.20 bits per heavy atom. The Morgan fingerprint density at radius 3 is 1.87 bits per heavy atom. The van der Waals surface area contributed by atoms with Gasteiger partial charge in [-0.2, -0.15) is 0 Å². The van der Waals surface area contributed by atoms with Crippen LogP contribution in [0.1, 0.15) is 34.6 Å². The maximum absolute atomic E-state index is 7.29. The summed E-state index contributed by atoms with van der Waals surface area (Å²) in [6.07, 6.45) is 1.19. The third kappa shape index (κ3) is 2.08. The molecule has 4 nitrogen and oxygen atoms in total. The Morgan fingerprint density at radius 2 is 1.60 bits per heavy atom. The Balaban J connectivity index is 2.97. The third-order valence-corrected chi connectivity index (χ3v) is 3.12. The smallest absolute Gasteiger partial charge is 0.402 e. The first-order chi connectivity index (χ1) is 6.71. The van der Waals surface area contributed by atoms with Crippen molar-refractivity contribution in [3.63, 3.8) is 0 Å². The van der Waals surface area contributed by atoms with E-state index in [0.717, 1.165) is 0 Å². The van der Waals surface area contributed by atoms with Crippen molar-refractivity contribution in [2.24, 2.45) is 5.73 Å². The van der Waals surface area contributed by atoms with Gasteiger partial charge in [0.25, 0.3) is 0 Å². The fraction of sp³-hybridized carbons (Fsp3) is 0.700. The van der Waals surface area contributed by atoms with Crippen molar-refractivity contribution in [3.8, 4) is 0 Å². The second kappa shape index (κ2) is 3.65. The average molecular weight is 210 g/mol. The molecule has 0 aromatic rings. The van der Waals surface area contributed by atoms with E-state index in [-0.39, 0.29) is 11.2 Å². The summed E-state index contributed by atoms with van der Waals surface area (Å²) in [5, 5.41) is 7.29. The van der Waals surface area contributed by atoms with Gasteiger partial charge in [0.05, 0.1) is 11.2 Å². The Kier molecular flexibility index (Phi) is 2.98. The van der Waals surface area contributed by atoms with Crippen LogP contribution < -0.4 is 5.73 Å². The van der Waals surface area contributed by atoms with Gasteiger partial charge in [-0.1, -0.05) is 0 Å². The van der Waals surface area contributed by atoms with E-state index in [1.165, 1.54) is 6.21 Å². The summed E-state index contributed by atoms with van der Waals surface area (Å²) in [6, 6.07) is 0. The molecule has 0 atom stereocenters. The van der Waals surface area contributed by atoms with Gasteiger partial charge in [0.15, 0.2) is 0 Å². The molecule has 1 aliphatic heterocycles. The first-order valence-corrected chi connectivity index (χ1v) is 5.03. The zero-order chi connectivity index (χ0) is 11.9. The molecule has 0 aromatic carbocycles. The van der Waals surface area contributed by atoms with Gasteiger partial charge in [0, 0.05) is 17.4 Å². The van der Waals surface area contributed by atoms with E-state index in [1.807, 2.05) is 27.7 Å². The van der Waals surface area contributed by atoms with Crippen molar-refractivity contribution in [2.45, 2.75) is 45.8 Å². The van der Waals surface area contributed by atoms with Crippen LogP contribution in [-0.4, -0.2) is 24.5 Å². The lowest BCUT2D eigenvalue weighted by Gasteiger charge is -2.32. The number of rotatable bonds is 2. The number of hydrogen-bond donors (Lipinski definition) is 2. The molecule has 1 heterocycles. The average Bonchev–Trinajstić information content (AvgIpc) is 2.21. The van der Waals surface area contributed by atoms with Crippen LogP contribution in [0.15, 0.2) is 11.2 Å². The van der Waals surface area contributed by atoms with Gasteiger partial charge in [-0.25, -0.2) is 0 Å². The molecule has 0 saturated carbocycles. The fourth-order valence-electron chi connectivity index (χ4n) is 1.34. The zero-order valence-electron chi connectivity index (χ0n) is 10.0. The summed E-state index contributed by atoms with van der Waals surface area (Å²) in [5.41, 5.74) is 6.05. The second-order valence-electron chi connectivity index (χ2n) is 4.87. The number of nitrogens with one attached hydrogen (secondary N) is 1. The molecule has 0 aliphatic carbocycles. The van der Waals surface area contributed by atoms with Gasteiger partial charge in [-0.15, -0.1) is 0 Å². The largest absolute Gasteiger partial charge is 0.498 e. The van der Waals surface area contributed by atoms with E-state index in [4.69, 9.17) is 20.5 Å². The highest BCUT2D eigenvalue weighted by Gasteiger charge is 2.52. The third-order valence-electron chi connectivity index (χ3n) is 3.12. The highest BCUT2D eigenvalue weighted by atomic mass is 16.7. The number of nitrogens with two attached hydrogens (primary N) is 1. The molecular formula is C10H19BN2O2. The van der Waals surface area contributed by atoms with Crippen molar-refractivity contribution < 1.29 is 9.31 Å². The predicted octanol–water partition coefficient (Wildman–Crippen LogP) is 1.50. The van der Waals surface area contributed by atoms with Crippen LogP contribution in [-0.2, 0) is 9.31 Å². The molecule has 0 radical (unpaired) electrons. The molecule has 0 unspecified atom stereocenters. The normalized spacial score (nSPS) is 25.0. The molecule has 1 fully saturated rings. The molecule has 1 saturated heterocycles. The molecule has 0 amide bonds. The first-order valence-electron chi connectivity index (χ1n) is 5.03. The van der Waals surface area contributed by atoms with Gasteiger partial charge in [0.1, 0.15) is 0 Å². The monoisotopic (exact) mass is 210 g/mol. The van der Waals surface area contributed by atoms with Crippen LogP contribution in [0.3, 0.4) is 0 Å². The van der Waals surface area contributed by atoms with Crippen LogP contribution >= 0.6 is 0 Å².